The van der Waals surface area contributed by atoms with E-state index in [0.29, 0.717) is 19.8 Å². The van der Waals surface area contributed by atoms with Gasteiger partial charge in [0.2, 0.25) is 0 Å². The number of ether oxygens (including phenoxy) is 2. The molecule has 1 heterocycles. The van der Waals surface area contributed by atoms with Crippen LogP contribution in [0.15, 0.2) is 24.5 Å². The maximum atomic E-state index is 5.60. The molecule has 0 bridgehead atoms. The van der Waals surface area contributed by atoms with Crippen molar-refractivity contribution in [2.75, 3.05) is 26.9 Å². The topological polar surface area (TPSA) is 57.4 Å². The Morgan fingerprint density at radius 2 is 2.07 bits per heavy atom. The normalized spacial score (nSPS) is 12.7. The fourth-order valence-corrected chi connectivity index (χ4v) is 1.15. The van der Waals surface area contributed by atoms with E-state index in [9.17, 15) is 0 Å². The molecular weight excluding hydrogens is 180 g/mol. The van der Waals surface area contributed by atoms with E-state index < -0.39 is 0 Å². The zero-order valence-corrected chi connectivity index (χ0v) is 8.35. The monoisotopic (exact) mass is 196 g/mol. The second-order valence-electron chi connectivity index (χ2n) is 2.87. The number of hydrogen-bond acceptors (Lipinski definition) is 4. The summed E-state index contributed by atoms with van der Waals surface area (Å²) in [6, 6.07) is 3.81. The fourth-order valence-electron chi connectivity index (χ4n) is 1.15. The molecule has 4 nitrogen and oxygen atoms in total. The average molecular weight is 196 g/mol. The summed E-state index contributed by atoms with van der Waals surface area (Å²) in [5, 5.41) is 0. The van der Waals surface area contributed by atoms with Gasteiger partial charge in [-0.1, -0.05) is 0 Å². The summed E-state index contributed by atoms with van der Waals surface area (Å²) < 4.78 is 10.4. The van der Waals surface area contributed by atoms with Crippen LogP contribution >= 0.6 is 0 Å². The highest BCUT2D eigenvalue weighted by molar-refractivity contribution is 5.13. The minimum Gasteiger partial charge on any atom is -0.382 e. The summed E-state index contributed by atoms with van der Waals surface area (Å²) in [6.45, 7) is 1.61. The summed E-state index contributed by atoms with van der Waals surface area (Å²) in [6.07, 6.45) is 3.41. The van der Waals surface area contributed by atoms with Gasteiger partial charge in [0.1, 0.15) is 0 Å². The molecule has 0 aliphatic heterocycles. The maximum Gasteiger partial charge on any atom is 0.0949 e. The minimum absolute atomic E-state index is 0.0619. The van der Waals surface area contributed by atoms with Crippen molar-refractivity contribution in [3.63, 3.8) is 0 Å². The first kappa shape index (κ1) is 11.1. The van der Waals surface area contributed by atoms with Crippen LogP contribution in [0.5, 0.6) is 0 Å². The number of hydrogen-bond donors (Lipinski definition) is 1. The number of aromatic nitrogens is 1. The number of nitrogens with two attached hydrogens (primary N) is 1. The van der Waals surface area contributed by atoms with E-state index in [1.54, 1.807) is 19.5 Å². The Balaban J connectivity index is 2.46. The molecule has 1 aromatic rings. The minimum atomic E-state index is -0.0619. The molecule has 2 N–H and O–H groups in total. The van der Waals surface area contributed by atoms with E-state index in [-0.39, 0.29) is 6.10 Å². The number of rotatable bonds is 6. The molecule has 0 amide bonds. The molecule has 14 heavy (non-hydrogen) atoms. The fraction of sp³-hybridized carbons (Fsp3) is 0.500. The summed E-state index contributed by atoms with van der Waals surface area (Å²) in [5.74, 6) is 0. The van der Waals surface area contributed by atoms with Gasteiger partial charge in [-0.3, -0.25) is 4.98 Å². The third-order valence-corrected chi connectivity index (χ3v) is 1.90. The molecule has 0 saturated heterocycles. The summed E-state index contributed by atoms with van der Waals surface area (Å²) in [5.41, 5.74) is 6.66. The largest absolute Gasteiger partial charge is 0.382 e. The van der Waals surface area contributed by atoms with Gasteiger partial charge in [0, 0.05) is 26.0 Å². The Morgan fingerprint density at radius 3 is 2.64 bits per heavy atom. The zero-order valence-electron chi connectivity index (χ0n) is 8.35. The average Bonchev–Trinajstić information content (AvgIpc) is 2.26. The Kier molecular flexibility index (Phi) is 5.14. The molecule has 0 aliphatic carbocycles. The van der Waals surface area contributed by atoms with Gasteiger partial charge in [0.25, 0.3) is 0 Å². The van der Waals surface area contributed by atoms with Crippen LogP contribution in [-0.4, -0.2) is 31.9 Å². The van der Waals surface area contributed by atoms with Crippen molar-refractivity contribution in [3.05, 3.63) is 30.1 Å². The van der Waals surface area contributed by atoms with Crippen molar-refractivity contribution in [1.29, 1.82) is 0 Å². The lowest BCUT2D eigenvalue weighted by molar-refractivity contribution is 0.0207. The van der Waals surface area contributed by atoms with Crippen LogP contribution in [0.25, 0.3) is 0 Å². The van der Waals surface area contributed by atoms with Crippen molar-refractivity contribution in [1.82, 2.24) is 4.98 Å². The lowest BCUT2D eigenvalue weighted by Gasteiger charge is -2.15. The molecule has 0 saturated carbocycles. The zero-order chi connectivity index (χ0) is 10.2. The van der Waals surface area contributed by atoms with Crippen molar-refractivity contribution >= 4 is 0 Å². The quantitative estimate of drug-likeness (QED) is 0.682. The van der Waals surface area contributed by atoms with Crippen molar-refractivity contribution in [3.8, 4) is 0 Å². The van der Waals surface area contributed by atoms with E-state index in [2.05, 4.69) is 4.98 Å². The van der Waals surface area contributed by atoms with Gasteiger partial charge in [0.15, 0.2) is 0 Å². The number of pyridine rings is 1. The lowest BCUT2D eigenvalue weighted by atomic mass is 10.1. The van der Waals surface area contributed by atoms with Crippen LogP contribution in [0.4, 0.5) is 0 Å². The first-order valence-electron chi connectivity index (χ1n) is 4.59. The maximum absolute atomic E-state index is 5.60. The van der Waals surface area contributed by atoms with Crippen LogP contribution in [0.3, 0.4) is 0 Å². The molecular formula is C10H16N2O2. The van der Waals surface area contributed by atoms with Crippen molar-refractivity contribution in [2.24, 2.45) is 5.73 Å². The van der Waals surface area contributed by atoms with Crippen LogP contribution in [0, 0.1) is 0 Å². The molecule has 1 aromatic heterocycles. The van der Waals surface area contributed by atoms with E-state index in [4.69, 9.17) is 15.2 Å². The second kappa shape index (κ2) is 6.48. The third-order valence-electron chi connectivity index (χ3n) is 1.90. The Labute approximate surface area is 84.0 Å². The highest BCUT2D eigenvalue weighted by Gasteiger charge is 2.08. The number of methoxy groups -OCH3 is 1. The van der Waals surface area contributed by atoms with Gasteiger partial charge >= 0.3 is 0 Å². The summed E-state index contributed by atoms with van der Waals surface area (Å²) >= 11 is 0. The predicted octanol–water partition coefficient (Wildman–Crippen LogP) is 0.744. The SMILES string of the molecule is COCCOC(CN)c1ccncc1. The van der Waals surface area contributed by atoms with E-state index >= 15 is 0 Å². The molecule has 1 unspecified atom stereocenters. The van der Waals surface area contributed by atoms with Crippen LogP contribution < -0.4 is 5.73 Å². The predicted molar refractivity (Wildman–Crippen MR) is 53.9 cm³/mol. The second-order valence-corrected chi connectivity index (χ2v) is 2.87. The van der Waals surface area contributed by atoms with Crippen LogP contribution in [0.2, 0.25) is 0 Å². The third kappa shape index (κ3) is 3.41. The van der Waals surface area contributed by atoms with E-state index in [0.717, 1.165) is 5.56 Å². The summed E-state index contributed by atoms with van der Waals surface area (Å²) in [7, 11) is 1.65. The highest BCUT2D eigenvalue weighted by Crippen LogP contribution is 2.14. The summed E-state index contributed by atoms with van der Waals surface area (Å²) in [4.78, 5) is 3.94. The molecule has 0 spiro atoms. The molecule has 1 rings (SSSR count). The molecule has 0 fully saturated rings. The Hall–Kier alpha value is -0.970. The van der Waals surface area contributed by atoms with Crippen LogP contribution in [0.1, 0.15) is 11.7 Å². The molecule has 0 aromatic carbocycles. The first-order chi connectivity index (χ1) is 6.88. The van der Waals surface area contributed by atoms with Gasteiger partial charge in [-0.25, -0.2) is 0 Å². The molecule has 1 atom stereocenters. The Bertz CT molecular complexity index is 241. The Morgan fingerprint density at radius 1 is 1.36 bits per heavy atom. The molecule has 0 radical (unpaired) electrons. The van der Waals surface area contributed by atoms with E-state index in [1.807, 2.05) is 12.1 Å². The van der Waals surface area contributed by atoms with Gasteiger partial charge in [-0.15, -0.1) is 0 Å². The molecule has 4 heteroatoms. The van der Waals surface area contributed by atoms with Gasteiger partial charge in [-0.2, -0.15) is 0 Å². The smallest absolute Gasteiger partial charge is 0.0949 e. The molecule has 0 aliphatic rings. The number of nitrogens with zero attached hydrogens (tertiary/aromatic N) is 1. The van der Waals surface area contributed by atoms with Crippen molar-refractivity contribution in [2.45, 2.75) is 6.10 Å². The van der Waals surface area contributed by atoms with Crippen molar-refractivity contribution < 1.29 is 9.47 Å². The molecule has 78 valence electrons. The van der Waals surface area contributed by atoms with Gasteiger partial charge in [-0.05, 0) is 17.7 Å². The first-order valence-corrected chi connectivity index (χ1v) is 4.59. The highest BCUT2D eigenvalue weighted by atomic mass is 16.5. The standard InChI is InChI=1S/C10H16N2O2/c1-13-6-7-14-10(8-11)9-2-4-12-5-3-9/h2-5,10H,6-8,11H2,1H3. The van der Waals surface area contributed by atoms with E-state index in [1.165, 1.54) is 0 Å². The lowest BCUT2D eigenvalue weighted by Crippen LogP contribution is -2.17. The van der Waals surface area contributed by atoms with Crippen LogP contribution in [-0.2, 0) is 9.47 Å². The van der Waals surface area contributed by atoms with Gasteiger partial charge in [0.05, 0.1) is 19.3 Å². The van der Waals surface area contributed by atoms with Gasteiger partial charge < -0.3 is 15.2 Å².